The lowest BCUT2D eigenvalue weighted by atomic mass is 10.2. The Morgan fingerprint density at radius 1 is 0.923 bits per heavy atom. The van der Waals surface area contributed by atoms with Crippen molar-refractivity contribution in [2.45, 2.75) is 27.7 Å². The number of pyridine rings is 1. The number of rotatable bonds is 0. The lowest BCUT2D eigenvalue weighted by Gasteiger charge is -2.01. The molecule has 0 aliphatic carbocycles. The van der Waals surface area contributed by atoms with E-state index in [4.69, 9.17) is 0 Å². The quantitative estimate of drug-likeness (QED) is 0.641. The molecule has 0 fully saturated rings. The smallest absolute Gasteiger partial charge is 0.0908 e. The molecule has 0 radical (unpaired) electrons. The van der Waals surface area contributed by atoms with Crippen LogP contribution < -0.4 is 0 Å². The molecule has 2 heterocycles. The van der Waals surface area contributed by atoms with Crippen molar-refractivity contribution in [2.24, 2.45) is 0 Å². The maximum atomic E-state index is 4.51. The van der Waals surface area contributed by atoms with Crippen LogP contribution in [0.15, 0.2) is 0 Å². The summed E-state index contributed by atoms with van der Waals surface area (Å²) in [7, 11) is 0. The Morgan fingerprint density at radius 2 is 1.62 bits per heavy atom. The Bertz CT molecular complexity index is 471. The second-order valence-electron chi connectivity index (χ2n) is 3.32. The molecule has 0 aliphatic rings. The zero-order chi connectivity index (χ0) is 9.59. The van der Waals surface area contributed by atoms with Crippen molar-refractivity contribution in [3.8, 4) is 0 Å². The van der Waals surface area contributed by atoms with E-state index in [1.807, 2.05) is 20.8 Å². The number of hydrogen-bond acceptors (Lipinski definition) is 3. The zero-order valence-corrected chi connectivity index (χ0v) is 9.12. The van der Waals surface area contributed by atoms with Gasteiger partial charge in [-0.15, -0.1) is 11.3 Å². The van der Waals surface area contributed by atoms with Crippen LogP contribution >= 0.6 is 11.3 Å². The monoisotopic (exact) mass is 192 g/mol. The molecular formula is C10H12N2S. The van der Waals surface area contributed by atoms with Gasteiger partial charge in [-0.05, 0) is 33.3 Å². The van der Waals surface area contributed by atoms with E-state index in [-0.39, 0.29) is 0 Å². The number of fused-ring (bicyclic) bond motifs is 1. The molecule has 0 N–H and O–H groups in total. The molecule has 13 heavy (non-hydrogen) atoms. The Kier molecular flexibility index (Phi) is 1.84. The van der Waals surface area contributed by atoms with Crippen molar-refractivity contribution in [3.63, 3.8) is 0 Å². The van der Waals surface area contributed by atoms with Crippen molar-refractivity contribution in [3.05, 3.63) is 22.0 Å². The Balaban J connectivity index is 2.95. The van der Waals surface area contributed by atoms with Crippen LogP contribution in [0.4, 0.5) is 0 Å². The van der Waals surface area contributed by atoms with Crippen molar-refractivity contribution in [1.29, 1.82) is 0 Å². The molecule has 3 heteroatoms. The molecule has 0 atom stereocenters. The number of aromatic nitrogens is 2. The van der Waals surface area contributed by atoms with Gasteiger partial charge in [-0.1, -0.05) is 0 Å². The maximum Gasteiger partial charge on any atom is 0.0908 e. The third-order valence-corrected chi connectivity index (χ3v) is 3.38. The maximum absolute atomic E-state index is 4.51. The predicted molar refractivity (Wildman–Crippen MR) is 56.4 cm³/mol. The zero-order valence-electron chi connectivity index (χ0n) is 8.30. The Hall–Kier alpha value is -0.960. The van der Waals surface area contributed by atoms with Crippen LogP contribution in [-0.2, 0) is 0 Å². The Morgan fingerprint density at radius 3 is 2.31 bits per heavy atom. The van der Waals surface area contributed by atoms with Crippen LogP contribution in [0, 0.1) is 27.7 Å². The van der Waals surface area contributed by atoms with E-state index in [1.54, 1.807) is 11.3 Å². The minimum atomic E-state index is 1.09. The normalized spacial score (nSPS) is 11.1. The van der Waals surface area contributed by atoms with Gasteiger partial charge in [0.05, 0.1) is 20.9 Å². The SMILES string of the molecule is Cc1nc2c(C)c(C)nc(C)c2s1. The fourth-order valence-corrected chi connectivity index (χ4v) is 2.41. The van der Waals surface area contributed by atoms with Gasteiger partial charge in [0.15, 0.2) is 0 Å². The lowest BCUT2D eigenvalue weighted by molar-refractivity contribution is 1.11. The van der Waals surface area contributed by atoms with Gasteiger partial charge in [-0.3, -0.25) is 4.98 Å². The number of nitrogens with zero attached hydrogens (tertiary/aromatic N) is 2. The third kappa shape index (κ3) is 1.23. The molecule has 2 nitrogen and oxygen atoms in total. The summed E-state index contributed by atoms with van der Waals surface area (Å²) in [6.07, 6.45) is 0. The molecule has 0 aliphatic heterocycles. The molecule has 2 aromatic rings. The highest BCUT2D eigenvalue weighted by Gasteiger charge is 2.09. The van der Waals surface area contributed by atoms with Crippen molar-refractivity contribution in [2.75, 3.05) is 0 Å². The molecule has 0 saturated carbocycles. The van der Waals surface area contributed by atoms with E-state index in [0.29, 0.717) is 0 Å². The molecular weight excluding hydrogens is 180 g/mol. The van der Waals surface area contributed by atoms with Crippen LogP contribution in [0.25, 0.3) is 10.2 Å². The van der Waals surface area contributed by atoms with Gasteiger partial charge in [0.2, 0.25) is 0 Å². The lowest BCUT2D eigenvalue weighted by Crippen LogP contribution is -1.91. The molecule has 0 aromatic carbocycles. The highest BCUT2D eigenvalue weighted by Crippen LogP contribution is 2.27. The summed E-state index contributed by atoms with van der Waals surface area (Å²) in [5, 5.41) is 1.12. The van der Waals surface area contributed by atoms with Gasteiger partial charge in [0.1, 0.15) is 0 Å². The highest BCUT2D eigenvalue weighted by molar-refractivity contribution is 7.18. The van der Waals surface area contributed by atoms with Gasteiger partial charge in [-0.25, -0.2) is 4.98 Å². The molecule has 2 aromatic heterocycles. The average molecular weight is 192 g/mol. The van der Waals surface area contributed by atoms with Crippen LogP contribution in [0.3, 0.4) is 0 Å². The first-order valence-corrected chi connectivity index (χ1v) is 5.12. The van der Waals surface area contributed by atoms with Crippen molar-refractivity contribution < 1.29 is 0 Å². The van der Waals surface area contributed by atoms with Crippen LogP contribution in [0.1, 0.15) is 22.0 Å². The van der Waals surface area contributed by atoms with E-state index in [9.17, 15) is 0 Å². The van der Waals surface area contributed by atoms with Crippen LogP contribution in [-0.4, -0.2) is 9.97 Å². The molecule has 68 valence electrons. The van der Waals surface area contributed by atoms with E-state index in [2.05, 4.69) is 16.9 Å². The molecule has 0 unspecified atom stereocenters. The minimum absolute atomic E-state index is 1.09. The van der Waals surface area contributed by atoms with E-state index >= 15 is 0 Å². The van der Waals surface area contributed by atoms with Crippen LogP contribution in [0.5, 0.6) is 0 Å². The van der Waals surface area contributed by atoms with Gasteiger partial charge in [-0.2, -0.15) is 0 Å². The fourth-order valence-electron chi connectivity index (χ4n) is 1.48. The molecule has 0 saturated heterocycles. The number of thiazole rings is 1. The summed E-state index contributed by atoms with van der Waals surface area (Å²) >= 11 is 1.73. The van der Waals surface area contributed by atoms with Gasteiger partial charge < -0.3 is 0 Å². The first-order valence-electron chi connectivity index (χ1n) is 4.30. The number of aryl methyl sites for hydroxylation is 4. The third-order valence-electron chi connectivity index (χ3n) is 2.30. The second kappa shape index (κ2) is 2.77. The highest BCUT2D eigenvalue weighted by atomic mass is 32.1. The summed E-state index contributed by atoms with van der Waals surface area (Å²) in [4.78, 5) is 9.00. The van der Waals surface area contributed by atoms with E-state index in [0.717, 1.165) is 21.9 Å². The second-order valence-corrected chi connectivity index (χ2v) is 4.52. The Labute approximate surface area is 81.7 Å². The average Bonchev–Trinajstić information content (AvgIpc) is 2.44. The van der Waals surface area contributed by atoms with Crippen LogP contribution in [0.2, 0.25) is 0 Å². The minimum Gasteiger partial charge on any atom is -0.257 e. The topological polar surface area (TPSA) is 25.8 Å². The first-order chi connectivity index (χ1) is 6.09. The first kappa shape index (κ1) is 8.63. The summed E-state index contributed by atoms with van der Waals surface area (Å²) < 4.78 is 1.24. The largest absolute Gasteiger partial charge is 0.257 e. The van der Waals surface area contributed by atoms with Gasteiger partial charge >= 0.3 is 0 Å². The summed E-state index contributed by atoms with van der Waals surface area (Å²) in [5.41, 5.74) is 4.54. The van der Waals surface area contributed by atoms with Gasteiger partial charge in [0.25, 0.3) is 0 Å². The summed E-state index contributed by atoms with van der Waals surface area (Å²) in [5.74, 6) is 0. The van der Waals surface area contributed by atoms with E-state index in [1.165, 1.54) is 10.3 Å². The van der Waals surface area contributed by atoms with Gasteiger partial charge in [0, 0.05) is 5.69 Å². The standard InChI is InChI=1S/C10H12N2S/c1-5-6(2)11-7(3)10-9(5)12-8(4)13-10/h1-4H3. The van der Waals surface area contributed by atoms with E-state index < -0.39 is 0 Å². The summed E-state index contributed by atoms with van der Waals surface area (Å²) in [6, 6.07) is 0. The fraction of sp³-hybridized carbons (Fsp3) is 0.400. The van der Waals surface area contributed by atoms with Crippen molar-refractivity contribution in [1.82, 2.24) is 9.97 Å². The predicted octanol–water partition coefficient (Wildman–Crippen LogP) is 2.92. The molecule has 2 rings (SSSR count). The van der Waals surface area contributed by atoms with Crippen molar-refractivity contribution >= 4 is 21.6 Å². The molecule has 0 spiro atoms. The molecule has 0 amide bonds. The number of hydrogen-bond donors (Lipinski definition) is 0. The molecule has 0 bridgehead atoms. The summed E-state index contributed by atoms with van der Waals surface area (Å²) in [6.45, 7) is 8.21.